The molecule has 0 radical (unpaired) electrons. The zero-order chi connectivity index (χ0) is 13.8. The van der Waals surface area contributed by atoms with E-state index in [1.165, 1.54) is 15.8 Å². The van der Waals surface area contributed by atoms with E-state index in [2.05, 4.69) is 29.5 Å². The number of nitrogens with zero attached hydrogens (tertiary/aromatic N) is 2. The highest BCUT2D eigenvalue weighted by molar-refractivity contribution is 6.32. The quantitative estimate of drug-likeness (QED) is 0.933. The fourth-order valence-electron chi connectivity index (χ4n) is 1.86. The Bertz CT molecular complexity index is 637. The Hall–Kier alpha value is -1.81. The first-order valence-corrected chi connectivity index (χ1v) is 6.47. The van der Waals surface area contributed by atoms with Gasteiger partial charge in [-0.1, -0.05) is 35.9 Å². The maximum absolute atomic E-state index is 11.6. The zero-order valence-corrected chi connectivity index (χ0v) is 11.7. The highest BCUT2D eigenvalue weighted by atomic mass is 35.5. The summed E-state index contributed by atoms with van der Waals surface area (Å²) >= 11 is 5.98. The number of aryl methyl sites for hydroxylation is 2. The number of nitrogens with one attached hydrogen (secondary N) is 1. The van der Waals surface area contributed by atoms with Gasteiger partial charge in [0.2, 0.25) is 0 Å². The van der Waals surface area contributed by atoms with Crippen LogP contribution in [-0.4, -0.2) is 16.3 Å². The molecular weight excluding hydrogens is 262 g/mol. The Morgan fingerprint density at radius 2 is 2.11 bits per heavy atom. The molecule has 1 aromatic heterocycles. The Labute approximate surface area is 117 Å². The van der Waals surface area contributed by atoms with E-state index in [4.69, 9.17) is 11.6 Å². The predicted molar refractivity (Wildman–Crippen MR) is 77.9 cm³/mol. The van der Waals surface area contributed by atoms with Crippen LogP contribution in [0.3, 0.4) is 0 Å². The summed E-state index contributed by atoms with van der Waals surface area (Å²) in [5.74, 6) is 0. The topological polar surface area (TPSA) is 46.9 Å². The lowest BCUT2D eigenvalue weighted by atomic mass is 10.1. The number of rotatable bonds is 4. The van der Waals surface area contributed by atoms with E-state index in [1.807, 2.05) is 12.1 Å². The molecule has 0 saturated carbocycles. The Balaban J connectivity index is 2.03. The summed E-state index contributed by atoms with van der Waals surface area (Å²) in [6, 6.07) is 8.23. The van der Waals surface area contributed by atoms with Gasteiger partial charge in [0, 0.05) is 13.6 Å². The predicted octanol–water partition coefficient (Wildman–Crippen LogP) is 2.40. The molecule has 0 amide bonds. The van der Waals surface area contributed by atoms with Crippen LogP contribution in [0, 0.1) is 6.92 Å². The molecular formula is C14H16ClN3O. The third-order valence-corrected chi connectivity index (χ3v) is 3.41. The van der Waals surface area contributed by atoms with Crippen LogP contribution in [0.5, 0.6) is 0 Å². The third-order valence-electron chi connectivity index (χ3n) is 3.05. The Morgan fingerprint density at radius 3 is 2.84 bits per heavy atom. The molecule has 2 rings (SSSR count). The molecule has 100 valence electrons. The highest BCUT2D eigenvalue weighted by Gasteiger charge is 2.06. The largest absolute Gasteiger partial charge is 0.382 e. The molecule has 0 bridgehead atoms. The van der Waals surface area contributed by atoms with Crippen LogP contribution in [0.4, 0.5) is 5.69 Å². The number of aromatic nitrogens is 2. The normalized spacial score (nSPS) is 10.5. The number of benzene rings is 1. The second-order valence-electron chi connectivity index (χ2n) is 4.40. The summed E-state index contributed by atoms with van der Waals surface area (Å²) < 4.78 is 1.22. The van der Waals surface area contributed by atoms with Gasteiger partial charge < -0.3 is 5.32 Å². The first kappa shape index (κ1) is 13.6. The van der Waals surface area contributed by atoms with Gasteiger partial charge in [0.05, 0.1) is 11.9 Å². The van der Waals surface area contributed by atoms with Gasteiger partial charge in [-0.15, -0.1) is 0 Å². The van der Waals surface area contributed by atoms with Gasteiger partial charge in [0.25, 0.3) is 5.56 Å². The van der Waals surface area contributed by atoms with Crippen molar-refractivity contribution in [3.8, 4) is 0 Å². The molecule has 4 nitrogen and oxygen atoms in total. The third kappa shape index (κ3) is 3.15. The molecule has 5 heteroatoms. The first-order valence-electron chi connectivity index (χ1n) is 6.10. The molecule has 0 atom stereocenters. The van der Waals surface area contributed by atoms with Crippen molar-refractivity contribution in [3.63, 3.8) is 0 Å². The fraction of sp³-hybridized carbons (Fsp3) is 0.286. The first-order chi connectivity index (χ1) is 9.09. The lowest BCUT2D eigenvalue weighted by molar-refractivity contribution is 0.708. The molecule has 1 N–H and O–H groups in total. The van der Waals surface area contributed by atoms with E-state index < -0.39 is 0 Å². The van der Waals surface area contributed by atoms with Crippen molar-refractivity contribution in [3.05, 3.63) is 57.0 Å². The minimum absolute atomic E-state index is 0.183. The van der Waals surface area contributed by atoms with Crippen molar-refractivity contribution in [2.24, 2.45) is 7.05 Å². The standard InChI is InChI=1S/C14H16ClN3O/c1-10-5-3-4-6-11(10)7-8-16-12-9-17-18(2)14(19)13(12)15/h3-6,9,16H,7-8H2,1-2H3. The minimum Gasteiger partial charge on any atom is -0.382 e. The Morgan fingerprint density at radius 1 is 1.37 bits per heavy atom. The number of anilines is 1. The molecule has 0 aliphatic carbocycles. The summed E-state index contributed by atoms with van der Waals surface area (Å²) in [7, 11) is 1.57. The van der Waals surface area contributed by atoms with E-state index in [1.54, 1.807) is 13.2 Å². The van der Waals surface area contributed by atoms with Crippen molar-refractivity contribution in [1.29, 1.82) is 0 Å². The van der Waals surface area contributed by atoms with Gasteiger partial charge in [-0.05, 0) is 24.5 Å². The molecule has 0 aliphatic heterocycles. The fourth-order valence-corrected chi connectivity index (χ4v) is 2.09. The van der Waals surface area contributed by atoms with Gasteiger partial charge in [0.15, 0.2) is 0 Å². The van der Waals surface area contributed by atoms with Crippen LogP contribution in [0.1, 0.15) is 11.1 Å². The van der Waals surface area contributed by atoms with Gasteiger partial charge in [-0.3, -0.25) is 4.79 Å². The molecule has 0 saturated heterocycles. The number of hydrogen-bond acceptors (Lipinski definition) is 3. The second kappa shape index (κ2) is 5.89. The van der Waals surface area contributed by atoms with Gasteiger partial charge in [-0.25, -0.2) is 4.68 Å². The van der Waals surface area contributed by atoms with Crippen LogP contribution >= 0.6 is 11.6 Å². The average Bonchev–Trinajstić information content (AvgIpc) is 2.41. The lowest BCUT2D eigenvalue weighted by Crippen LogP contribution is -2.21. The van der Waals surface area contributed by atoms with Crippen molar-refractivity contribution in [2.75, 3.05) is 11.9 Å². The van der Waals surface area contributed by atoms with Crippen LogP contribution in [-0.2, 0) is 13.5 Å². The summed E-state index contributed by atoms with van der Waals surface area (Å²) in [5.41, 5.74) is 2.83. The highest BCUT2D eigenvalue weighted by Crippen LogP contribution is 2.15. The van der Waals surface area contributed by atoms with Crippen LogP contribution < -0.4 is 10.9 Å². The van der Waals surface area contributed by atoms with E-state index in [-0.39, 0.29) is 10.6 Å². The molecule has 0 fully saturated rings. The van der Waals surface area contributed by atoms with Crippen LogP contribution in [0.15, 0.2) is 35.3 Å². The van der Waals surface area contributed by atoms with Gasteiger partial charge >= 0.3 is 0 Å². The van der Waals surface area contributed by atoms with Gasteiger partial charge in [-0.2, -0.15) is 5.10 Å². The minimum atomic E-state index is -0.289. The Kier molecular flexibility index (Phi) is 4.22. The smallest absolute Gasteiger partial charge is 0.287 e. The lowest BCUT2D eigenvalue weighted by Gasteiger charge is -2.09. The average molecular weight is 278 g/mol. The van der Waals surface area contributed by atoms with Crippen LogP contribution in [0.2, 0.25) is 5.02 Å². The molecule has 19 heavy (non-hydrogen) atoms. The molecule has 0 aliphatic rings. The molecule has 2 aromatic rings. The summed E-state index contributed by atoms with van der Waals surface area (Å²) in [5, 5.41) is 7.27. The second-order valence-corrected chi connectivity index (χ2v) is 4.78. The number of halogens is 1. The summed E-state index contributed by atoms with van der Waals surface area (Å²) in [4.78, 5) is 11.6. The van der Waals surface area contributed by atoms with Crippen molar-refractivity contribution in [2.45, 2.75) is 13.3 Å². The monoisotopic (exact) mass is 277 g/mol. The molecule has 1 heterocycles. The van der Waals surface area contributed by atoms with Crippen LogP contribution in [0.25, 0.3) is 0 Å². The van der Waals surface area contributed by atoms with Crippen molar-refractivity contribution < 1.29 is 0 Å². The van der Waals surface area contributed by atoms with E-state index in [0.29, 0.717) is 12.2 Å². The van der Waals surface area contributed by atoms with Gasteiger partial charge in [0.1, 0.15) is 5.02 Å². The summed E-state index contributed by atoms with van der Waals surface area (Å²) in [6.07, 6.45) is 2.44. The number of hydrogen-bond donors (Lipinski definition) is 1. The molecule has 0 spiro atoms. The molecule has 1 aromatic carbocycles. The van der Waals surface area contributed by atoms with Crippen molar-refractivity contribution in [1.82, 2.24) is 9.78 Å². The van der Waals surface area contributed by atoms with E-state index in [0.717, 1.165) is 6.42 Å². The SMILES string of the molecule is Cc1ccccc1CCNc1cnn(C)c(=O)c1Cl. The molecule has 0 unspecified atom stereocenters. The van der Waals surface area contributed by atoms with E-state index >= 15 is 0 Å². The summed E-state index contributed by atoms with van der Waals surface area (Å²) in [6.45, 7) is 2.79. The van der Waals surface area contributed by atoms with E-state index in [9.17, 15) is 4.79 Å². The maximum Gasteiger partial charge on any atom is 0.287 e. The van der Waals surface area contributed by atoms with Crippen molar-refractivity contribution >= 4 is 17.3 Å². The zero-order valence-electron chi connectivity index (χ0n) is 11.0. The maximum atomic E-state index is 11.6.